The van der Waals surface area contributed by atoms with E-state index in [4.69, 9.17) is 10.2 Å². The van der Waals surface area contributed by atoms with Crippen LogP contribution in [0.1, 0.15) is 36.0 Å². The summed E-state index contributed by atoms with van der Waals surface area (Å²) in [7, 11) is 3.39. The maximum atomic E-state index is 14.0. The summed E-state index contributed by atoms with van der Waals surface area (Å²) in [6.07, 6.45) is 0.150. The van der Waals surface area contributed by atoms with Gasteiger partial charge in [-0.3, -0.25) is 19.3 Å². The van der Waals surface area contributed by atoms with Gasteiger partial charge < -0.3 is 30.4 Å². The number of likely N-dealkylation sites (N-methyl/N-ethyl adjacent to an activating group) is 1. The second-order valence-electron chi connectivity index (χ2n) is 12.5. The molecule has 3 fully saturated rings. The highest BCUT2D eigenvalue weighted by atomic mass is 19.3. The van der Waals surface area contributed by atoms with E-state index in [0.717, 1.165) is 5.56 Å². The van der Waals surface area contributed by atoms with E-state index in [2.05, 4.69) is 0 Å². The van der Waals surface area contributed by atoms with Gasteiger partial charge in [0, 0.05) is 55.2 Å². The average molecular weight is 600 g/mol. The van der Waals surface area contributed by atoms with Gasteiger partial charge in [-0.05, 0) is 62.5 Å². The van der Waals surface area contributed by atoms with Crippen LogP contribution >= 0.6 is 0 Å². The number of phenols is 1. The number of carbonyl (C=O) groups is 3. The third-order valence-electron chi connectivity index (χ3n) is 9.79. The second kappa shape index (κ2) is 10.5. The number of amides is 1. The van der Waals surface area contributed by atoms with Gasteiger partial charge in [-0.25, -0.2) is 8.78 Å². The summed E-state index contributed by atoms with van der Waals surface area (Å²) in [6, 6.07) is 4.11. The Hall–Kier alpha value is -3.61. The Morgan fingerprint density at radius 3 is 2.51 bits per heavy atom. The number of fused-ring (bicyclic) bond motifs is 3. The highest BCUT2D eigenvalue weighted by Gasteiger charge is 2.59. The molecule has 1 aromatic heterocycles. The molecule has 1 saturated heterocycles. The fourth-order valence-electron chi connectivity index (χ4n) is 7.81. The summed E-state index contributed by atoms with van der Waals surface area (Å²) in [5.41, 5.74) is 7.46. The molecule has 0 spiro atoms. The van der Waals surface area contributed by atoms with Gasteiger partial charge >= 0.3 is 0 Å². The Kier molecular flexibility index (Phi) is 7.22. The predicted molar refractivity (Wildman–Crippen MR) is 150 cm³/mol. The summed E-state index contributed by atoms with van der Waals surface area (Å²) in [6.45, 7) is 0.847. The van der Waals surface area contributed by atoms with Crippen molar-refractivity contribution < 1.29 is 42.9 Å². The zero-order valence-electron chi connectivity index (χ0n) is 23.9. The third kappa shape index (κ3) is 4.76. The van der Waals surface area contributed by atoms with Crippen LogP contribution in [0.3, 0.4) is 0 Å². The van der Waals surface area contributed by atoms with E-state index < -0.39 is 65.0 Å². The number of furan rings is 1. The van der Waals surface area contributed by atoms with Gasteiger partial charge in [0.25, 0.3) is 5.92 Å². The van der Waals surface area contributed by atoms with Crippen LogP contribution < -0.4 is 5.73 Å². The van der Waals surface area contributed by atoms with Crippen molar-refractivity contribution in [2.45, 2.75) is 50.3 Å². The Balaban J connectivity index is 1.40. The topological polar surface area (TPSA) is 158 Å². The van der Waals surface area contributed by atoms with E-state index in [0.29, 0.717) is 23.4 Å². The van der Waals surface area contributed by atoms with Crippen LogP contribution in [0, 0.1) is 23.7 Å². The number of phenolic OH excluding ortho intramolecular Hbond substituents is 1. The molecule has 0 radical (unpaired) electrons. The summed E-state index contributed by atoms with van der Waals surface area (Å²) >= 11 is 0. The average Bonchev–Trinajstić information content (AvgIpc) is 3.37. The third-order valence-corrected chi connectivity index (χ3v) is 9.79. The largest absolute Gasteiger partial charge is 0.507 e. The number of halogens is 2. The number of allylic oxidation sites excluding steroid dienone is 1. The van der Waals surface area contributed by atoms with Crippen molar-refractivity contribution in [3.63, 3.8) is 0 Å². The number of aliphatic hydroxyl groups is 2. The highest BCUT2D eigenvalue weighted by molar-refractivity contribution is 6.19. The van der Waals surface area contributed by atoms with Crippen molar-refractivity contribution in [2.24, 2.45) is 29.4 Å². The number of rotatable bonds is 5. The van der Waals surface area contributed by atoms with Crippen LogP contribution in [-0.4, -0.2) is 87.8 Å². The van der Waals surface area contributed by atoms with E-state index in [1.165, 1.54) is 12.3 Å². The van der Waals surface area contributed by atoms with Gasteiger partial charge in [-0.2, -0.15) is 0 Å². The van der Waals surface area contributed by atoms with Gasteiger partial charge in [0.2, 0.25) is 5.91 Å². The highest BCUT2D eigenvalue weighted by Crippen LogP contribution is 2.52. The van der Waals surface area contributed by atoms with E-state index in [-0.39, 0.29) is 55.7 Å². The maximum absolute atomic E-state index is 14.0. The molecule has 2 aromatic rings. The standard InChI is InChI=1S/C31H35F2N3O7/c1-35(2)24-18-12-15-11-17-16(29-14(5-10-43-29)13-36-8-6-31(32,33)7-9-36)3-4-19(37)21(17)25(38)20(15)26(39)22(18)27(40)23(28(24)41)30(34)42/h3-5,10,15,18,22-24,28,37-38,41H,6-9,11-13H2,1-2H3,(H2,34,42)/t15-,18?,22?,23?,24-,28?/m0/s1. The lowest BCUT2D eigenvalue weighted by Crippen LogP contribution is -2.64. The molecule has 3 aliphatic carbocycles. The minimum Gasteiger partial charge on any atom is -0.507 e. The molecule has 1 aromatic carbocycles. The molecule has 6 rings (SSSR count). The molecule has 5 N–H and O–H groups in total. The van der Waals surface area contributed by atoms with Crippen LogP contribution in [0.2, 0.25) is 0 Å². The predicted octanol–water partition coefficient (Wildman–Crippen LogP) is 2.51. The van der Waals surface area contributed by atoms with Crippen LogP contribution in [0.4, 0.5) is 8.78 Å². The first-order chi connectivity index (χ1) is 20.3. The van der Waals surface area contributed by atoms with Crippen molar-refractivity contribution in [1.82, 2.24) is 9.80 Å². The summed E-state index contributed by atoms with van der Waals surface area (Å²) in [4.78, 5) is 43.2. The summed E-state index contributed by atoms with van der Waals surface area (Å²) < 4.78 is 33.3. The second-order valence-corrected chi connectivity index (χ2v) is 12.5. The molecular weight excluding hydrogens is 564 g/mol. The van der Waals surface area contributed by atoms with Crippen LogP contribution in [-0.2, 0) is 27.3 Å². The molecule has 1 aliphatic heterocycles. The van der Waals surface area contributed by atoms with Gasteiger partial charge in [0.1, 0.15) is 23.2 Å². The number of nitrogens with zero attached hydrogens (tertiary/aromatic N) is 2. The number of ketones is 2. The minimum absolute atomic E-state index is 0.0144. The number of hydrogen-bond acceptors (Lipinski definition) is 9. The van der Waals surface area contributed by atoms with Crippen LogP contribution in [0.25, 0.3) is 17.1 Å². The fourth-order valence-corrected chi connectivity index (χ4v) is 7.81. The molecule has 230 valence electrons. The van der Waals surface area contributed by atoms with E-state index in [1.807, 2.05) is 4.90 Å². The van der Waals surface area contributed by atoms with Crippen molar-refractivity contribution in [2.75, 3.05) is 27.2 Å². The maximum Gasteiger partial charge on any atom is 0.250 e. The zero-order chi connectivity index (χ0) is 31.0. The molecular formula is C31H35F2N3O7. The Morgan fingerprint density at radius 1 is 1.16 bits per heavy atom. The molecule has 4 unspecified atom stereocenters. The Morgan fingerprint density at radius 2 is 1.86 bits per heavy atom. The monoisotopic (exact) mass is 599 g/mol. The van der Waals surface area contributed by atoms with E-state index >= 15 is 0 Å². The van der Waals surface area contributed by atoms with Gasteiger partial charge in [-0.1, -0.05) is 0 Å². The van der Waals surface area contributed by atoms with Gasteiger partial charge in [-0.15, -0.1) is 0 Å². The number of aromatic hydroxyl groups is 1. The normalized spacial score (nSPS) is 30.7. The van der Waals surface area contributed by atoms with E-state index in [9.17, 15) is 38.5 Å². The number of piperidine rings is 1. The minimum atomic E-state index is -2.67. The molecule has 2 heterocycles. The molecule has 12 heteroatoms. The SMILES string of the molecule is CN(C)[C@@H]1C(O)C(C(N)=O)C(=O)C2C(=O)C3=C(O)c4c(O)ccc(-c5occc5CN5CCC(F)(F)CC5)c4C[C@H]3CC21. The number of alkyl halides is 2. The number of Topliss-reactive ketones (excluding diaryl/α,β-unsaturated/α-hetero) is 2. The number of hydrogen-bond donors (Lipinski definition) is 4. The first-order valence-electron chi connectivity index (χ1n) is 14.5. The summed E-state index contributed by atoms with van der Waals surface area (Å²) in [5.74, 6) is -9.31. The number of aliphatic hydroxyl groups excluding tert-OH is 2. The lowest BCUT2D eigenvalue weighted by Gasteiger charge is -2.50. The lowest BCUT2D eigenvalue weighted by molar-refractivity contribution is -0.157. The lowest BCUT2D eigenvalue weighted by atomic mass is 9.56. The quantitative estimate of drug-likeness (QED) is 0.379. The van der Waals surface area contributed by atoms with Crippen LogP contribution in [0.15, 0.2) is 34.5 Å². The molecule has 10 nitrogen and oxygen atoms in total. The van der Waals surface area contributed by atoms with Crippen molar-refractivity contribution in [3.05, 3.63) is 46.7 Å². The Labute approximate surface area is 246 Å². The smallest absolute Gasteiger partial charge is 0.250 e. The number of primary amides is 1. The van der Waals surface area contributed by atoms with Crippen molar-refractivity contribution >= 4 is 23.2 Å². The molecule has 4 aliphatic rings. The number of nitrogens with two attached hydrogens (primary N) is 1. The zero-order valence-corrected chi connectivity index (χ0v) is 23.9. The molecule has 2 saturated carbocycles. The Bertz CT molecular complexity index is 1520. The van der Waals surface area contributed by atoms with Gasteiger partial charge in [0.15, 0.2) is 11.6 Å². The number of benzene rings is 1. The van der Waals surface area contributed by atoms with Crippen LogP contribution in [0.5, 0.6) is 5.75 Å². The number of likely N-dealkylation sites (tertiary alicyclic amines) is 1. The first kappa shape index (κ1) is 29.5. The first-order valence-corrected chi connectivity index (χ1v) is 14.5. The molecule has 1 amide bonds. The fraction of sp³-hybridized carbons (Fsp3) is 0.516. The van der Waals surface area contributed by atoms with Crippen molar-refractivity contribution in [3.8, 4) is 17.1 Å². The molecule has 0 bridgehead atoms. The molecule has 43 heavy (non-hydrogen) atoms. The molecule has 6 atom stereocenters. The number of carbonyl (C=O) groups excluding carboxylic acids is 3. The summed E-state index contributed by atoms with van der Waals surface area (Å²) in [5, 5.41) is 33.4. The van der Waals surface area contributed by atoms with Gasteiger partial charge in [0.05, 0.1) is 23.8 Å². The van der Waals surface area contributed by atoms with Crippen molar-refractivity contribution in [1.29, 1.82) is 0 Å². The van der Waals surface area contributed by atoms with E-state index in [1.54, 1.807) is 31.1 Å².